The highest BCUT2D eigenvalue weighted by molar-refractivity contribution is 7.89. The molecule has 0 aromatic heterocycles. The summed E-state index contributed by atoms with van der Waals surface area (Å²) in [5.41, 5.74) is 9.04. The van der Waals surface area contributed by atoms with Crippen LogP contribution in [0.1, 0.15) is 46.0 Å². The number of hydrogen-bond donors (Lipinski definition) is 3. The summed E-state index contributed by atoms with van der Waals surface area (Å²) in [6.07, 6.45) is 4.35. The number of likely N-dealkylation sites (tertiary alicyclic amines) is 1. The molecule has 0 aromatic carbocycles. The number of azide groups is 1. The van der Waals surface area contributed by atoms with Gasteiger partial charge in [0.1, 0.15) is 0 Å². The van der Waals surface area contributed by atoms with Crippen LogP contribution >= 0.6 is 0 Å². The molecule has 0 unspecified atom stereocenters. The first-order valence-corrected chi connectivity index (χ1v) is 11.8. The number of amides is 1. The van der Waals surface area contributed by atoms with Crippen molar-refractivity contribution in [1.29, 1.82) is 0 Å². The van der Waals surface area contributed by atoms with Crippen LogP contribution in [-0.4, -0.2) is 73.3 Å². The van der Waals surface area contributed by atoms with E-state index in [1.807, 2.05) is 11.8 Å². The third-order valence-electron chi connectivity index (χ3n) is 5.42. The Bertz CT molecular complexity index is 823. The van der Waals surface area contributed by atoms with Crippen molar-refractivity contribution < 1.29 is 23.1 Å². The first-order valence-electron chi connectivity index (χ1n) is 10.2. The Labute approximate surface area is 176 Å². The average Bonchev–Trinajstić information content (AvgIpc) is 2.67. The van der Waals surface area contributed by atoms with Crippen LogP contribution in [0, 0.1) is 0 Å². The van der Waals surface area contributed by atoms with Crippen molar-refractivity contribution in [2.45, 2.75) is 70.1 Å². The molecular formula is C18H30N6O5S. The molecule has 11 nitrogen and oxygen atoms in total. The first kappa shape index (κ1) is 24.1. The zero-order valence-electron chi connectivity index (χ0n) is 17.3. The fraction of sp³-hybridized carbons (Fsp3) is 0.778. The summed E-state index contributed by atoms with van der Waals surface area (Å²) < 4.78 is 27.3. The summed E-state index contributed by atoms with van der Waals surface area (Å²) in [4.78, 5) is 28.2. The van der Waals surface area contributed by atoms with Crippen molar-refractivity contribution in [3.63, 3.8) is 0 Å². The van der Waals surface area contributed by atoms with Crippen LogP contribution in [0.25, 0.3) is 10.4 Å². The minimum atomic E-state index is -3.40. The zero-order chi connectivity index (χ0) is 22.3. The molecule has 12 heteroatoms. The molecule has 0 spiro atoms. The number of hydrogen-bond acceptors (Lipinski definition) is 6. The van der Waals surface area contributed by atoms with Crippen molar-refractivity contribution >= 4 is 21.9 Å². The van der Waals surface area contributed by atoms with Crippen molar-refractivity contribution in [3.05, 3.63) is 22.1 Å². The number of aliphatic carboxylic acids is 1. The van der Waals surface area contributed by atoms with Crippen molar-refractivity contribution in [2.75, 3.05) is 18.8 Å². The molecule has 1 amide bonds. The number of rotatable bonds is 9. The molecule has 1 saturated heterocycles. The monoisotopic (exact) mass is 442 g/mol. The van der Waals surface area contributed by atoms with Crippen molar-refractivity contribution in [1.82, 2.24) is 14.9 Å². The van der Waals surface area contributed by atoms with Crippen LogP contribution in [0.15, 0.2) is 16.8 Å². The number of carboxylic acids is 1. The zero-order valence-corrected chi connectivity index (χ0v) is 18.1. The van der Waals surface area contributed by atoms with E-state index in [0.717, 1.165) is 6.42 Å². The Morgan fingerprint density at radius 3 is 2.77 bits per heavy atom. The van der Waals surface area contributed by atoms with Gasteiger partial charge in [0.2, 0.25) is 15.9 Å². The number of carboxylic acid groups (broad SMARTS) is 1. The fourth-order valence-corrected chi connectivity index (χ4v) is 5.55. The lowest BCUT2D eigenvalue weighted by molar-refractivity contribution is -0.133. The highest BCUT2D eigenvalue weighted by Gasteiger charge is 2.40. The van der Waals surface area contributed by atoms with Gasteiger partial charge in [0, 0.05) is 36.0 Å². The van der Waals surface area contributed by atoms with Crippen LogP contribution in [0.2, 0.25) is 0 Å². The number of piperidine rings is 1. The largest absolute Gasteiger partial charge is 0.478 e. The first-order chi connectivity index (χ1) is 14.2. The molecule has 1 heterocycles. The van der Waals surface area contributed by atoms with Gasteiger partial charge in [-0.2, -0.15) is 0 Å². The molecule has 168 valence electrons. The molecule has 0 saturated carbocycles. The van der Waals surface area contributed by atoms with Gasteiger partial charge in [-0.3, -0.25) is 9.69 Å². The third-order valence-corrected chi connectivity index (χ3v) is 6.93. The predicted molar refractivity (Wildman–Crippen MR) is 111 cm³/mol. The minimum absolute atomic E-state index is 0.0156. The van der Waals surface area contributed by atoms with E-state index in [2.05, 4.69) is 20.1 Å². The SMILES string of the molecule is CCCCS(=O)(=O)N[C@@H]1CCCN([C@@H]2C=C(C(=O)O)C[C@H](N=[N+]=[N-])[C@H]2NC(C)=O)C1. The quantitative estimate of drug-likeness (QED) is 0.275. The maximum absolute atomic E-state index is 12.3. The molecule has 0 radical (unpaired) electrons. The molecule has 0 bridgehead atoms. The summed E-state index contributed by atoms with van der Waals surface area (Å²) in [7, 11) is -3.40. The van der Waals surface area contributed by atoms with Gasteiger partial charge in [-0.1, -0.05) is 24.5 Å². The smallest absolute Gasteiger partial charge is 0.331 e. The number of carbonyl (C=O) groups excluding carboxylic acids is 1. The van der Waals surface area contributed by atoms with E-state index in [9.17, 15) is 23.1 Å². The van der Waals surface area contributed by atoms with E-state index in [1.54, 1.807) is 6.08 Å². The molecule has 2 aliphatic rings. The van der Waals surface area contributed by atoms with Gasteiger partial charge < -0.3 is 10.4 Å². The summed E-state index contributed by atoms with van der Waals surface area (Å²) >= 11 is 0. The molecule has 1 fully saturated rings. The summed E-state index contributed by atoms with van der Waals surface area (Å²) in [5, 5.41) is 16.0. The van der Waals surface area contributed by atoms with Gasteiger partial charge in [0.05, 0.1) is 17.8 Å². The standard InChI is InChI=1S/C18H30N6O5S/c1-3-4-8-30(28,29)22-14-6-5-7-24(11-14)16-10-13(18(26)27)9-15(21-23-19)17(16)20-12(2)25/h10,14-17,22H,3-9,11H2,1-2H3,(H,20,25)(H,26,27)/t14-,15+,16-,17-/m1/s1. The minimum Gasteiger partial charge on any atom is -0.478 e. The van der Waals surface area contributed by atoms with Gasteiger partial charge >= 0.3 is 5.97 Å². The van der Waals surface area contributed by atoms with Gasteiger partial charge in [-0.25, -0.2) is 17.9 Å². The van der Waals surface area contributed by atoms with E-state index >= 15 is 0 Å². The molecule has 1 aliphatic carbocycles. The van der Waals surface area contributed by atoms with Crippen LogP contribution in [0.3, 0.4) is 0 Å². The predicted octanol–water partition coefficient (Wildman–Crippen LogP) is 1.14. The summed E-state index contributed by atoms with van der Waals surface area (Å²) in [6.45, 7) is 4.26. The Morgan fingerprint density at radius 2 is 2.17 bits per heavy atom. The Kier molecular flexibility index (Phi) is 8.65. The van der Waals surface area contributed by atoms with Crippen LogP contribution in [-0.2, 0) is 19.6 Å². The van der Waals surface area contributed by atoms with Crippen molar-refractivity contribution in [2.24, 2.45) is 5.11 Å². The fourth-order valence-electron chi connectivity index (χ4n) is 4.06. The van der Waals surface area contributed by atoms with E-state index in [1.165, 1.54) is 6.92 Å². The molecule has 2 rings (SSSR count). The second-order valence-corrected chi connectivity index (χ2v) is 9.69. The highest BCUT2D eigenvalue weighted by Crippen LogP contribution is 2.28. The summed E-state index contributed by atoms with van der Waals surface area (Å²) in [6, 6.07) is -2.18. The van der Waals surface area contributed by atoms with Gasteiger partial charge in [-0.15, -0.1) is 0 Å². The average molecular weight is 443 g/mol. The number of nitrogens with zero attached hydrogens (tertiary/aromatic N) is 4. The number of nitrogens with one attached hydrogen (secondary N) is 2. The highest BCUT2D eigenvalue weighted by atomic mass is 32.2. The summed E-state index contributed by atoms with van der Waals surface area (Å²) in [5.74, 6) is -1.35. The lowest BCUT2D eigenvalue weighted by Crippen LogP contribution is -2.61. The van der Waals surface area contributed by atoms with E-state index in [-0.39, 0.29) is 29.7 Å². The molecular weight excluding hydrogens is 412 g/mol. The van der Waals surface area contributed by atoms with Crippen LogP contribution in [0.5, 0.6) is 0 Å². The number of sulfonamides is 1. The number of unbranched alkanes of at least 4 members (excludes halogenated alkanes) is 1. The van der Waals surface area contributed by atoms with E-state index in [4.69, 9.17) is 5.53 Å². The number of carbonyl (C=O) groups is 2. The van der Waals surface area contributed by atoms with Gasteiger partial charge in [0.15, 0.2) is 0 Å². The maximum atomic E-state index is 12.3. The topological polar surface area (TPSA) is 165 Å². The second kappa shape index (κ2) is 10.8. The van der Waals surface area contributed by atoms with Crippen molar-refractivity contribution in [3.8, 4) is 0 Å². The van der Waals surface area contributed by atoms with E-state index in [0.29, 0.717) is 32.4 Å². The second-order valence-electron chi connectivity index (χ2n) is 7.81. The molecule has 0 aromatic rings. The molecule has 1 aliphatic heterocycles. The van der Waals surface area contributed by atoms with Crippen LogP contribution < -0.4 is 10.0 Å². The molecule has 4 atom stereocenters. The normalized spacial score (nSPS) is 27.6. The lowest BCUT2D eigenvalue weighted by atomic mass is 9.85. The molecule has 30 heavy (non-hydrogen) atoms. The van der Waals surface area contributed by atoms with Gasteiger partial charge in [-0.05, 0) is 37.8 Å². The Morgan fingerprint density at radius 1 is 1.43 bits per heavy atom. The van der Waals surface area contributed by atoms with E-state index < -0.39 is 34.1 Å². The van der Waals surface area contributed by atoms with Gasteiger partial charge in [0.25, 0.3) is 0 Å². The Balaban J connectivity index is 2.26. The lowest BCUT2D eigenvalue weighted by Gasteiger charge is -2.44. The maximum Gasteiger partial charge on any atom is 0.331 e. The van der Waals surface area contributed by atoms with Crippen LogP contribution in [0.4, 0.5) is 0 Å². The Hall–Kier alpha value is -2.14. The third kappa shape index (κ3) is 6.69. The molecule has 3 N–H and O–H groups in total.